The normalized spacial score (nSPS) is 13.2. The monoisotopic (exact) mass is 406 g/mol. The van der Waals surface area contributed by atoms with Gasteiger partial charge in [-0.25, -0.2) is 0 Å². The number of alkyl halides is 2. The number of ketones is 1. The Morgan fingerprint density at radius 1 is 0.958 bits per heavy atom. The summed E-state index contributed by atoms with van der Waals surface area (Å²) < 4.78 is 10.2. The maximum atomic E-state index is 12.5. The van der Waals surface area contributed by atoms with Crippen LogP contribution in [-0.4, -0.2) is 25.4 Å². The van der Waals surface area contributed by atoms with Crippen molar-refractivity contribution in [2.45, 2.75) is 10.8 Å². The third kappa shape index (κ3) is 4.09. The van der Waals surface area contributed by atoms with Gasteiger partial charge in [0.05, 0.1) is 29.6 Å². The van der Waals surface area contributed by atoms with Crippen LogP contribution in [0.25, 0.3) is 0 Å². The van der Waals surface area contributed by atoms with Crippen molar-refractivity contribution in [1.82, 2.24) is 0 Å². The molecule has 0 bridgehead atoms. The minimum atomic E-state index is -0.986. The molecule has 0 radical (unpaired) electrons. The highest BCUT2D eigenvalue weighted by molar-refractivity contribution is 6.40. The predicted octanol–water partition coefficient (Wildman–Crippen LogP) is 5.78. The third-order valence-corrected chi connectivity index (χ3v) is 5.07. The Kier molecular flexibility index (Phi) is 6.64. The summed E-state index contributed by atoms with van der Waals surface area (Å²) in [6.45, 7) is 0. The van der Waals surface area contributed by atoms with E-state index in [9.17, 15) is 4.79 Å². The van der Waals surface area contributed by atoms with E-state index in [4.69, 9.17) is 55.9 Å². The van der Waals surface area contributed by atoms with E-state index in [2.05, 4.69) is 0 Å². The number of ether oxygens (including phenoxy) is 2. The minimum Gasteiger partial charge on any atom is -0.497 e. The van der Waals surface area contributed by atoms with Gasteiger partial charge in [-0.15, -0.1) is 23.2 Å². The molecule has 3 nitrogen and oxygen atoms in total. The van der Waals surface area contributed by atoms with E-state index in [1.54, 1.807) is 43.5 Å². The topological polar surface area (TPSA) is 35.5 Å². The van der Waals surface area contributed by atoms with Gasteiger partial charge in [0.15, 0.2) is 11.5 Å². The molecule has 0 aliphatic rings. The Balaban J connectivity index is 2.24. The van der Waals surface area contributed by atoms with Crippen LogP contribution in [-0.2, 0) is 0 Å². The number of carbonyl (C=O) groups excluding carboxylic acids is 1. The molecule has 0 amide bonds. The fourth-order valence-electron chi connectivity index (χ4n) is 2.15. The molecule has 24 heavy (non-hydrogen) atoms. The second kappa shape index (κ2) is 8.30. The molecule has 0 unspecified atom stereocenters. The second-order valence-electron chi connectivity index (χ2n) is 4.91. The van der Waals surface area contributed by atoms with Crippen molar-refractivity contribution in [3.05, 3.63) is 57.6 Å². The van der Waals surface area contributed by atoms with Crippen LogP contribution in [0.15, 0.2) is 36.4 Å². The summed E-state index contributed by atoms with van der Waals surface area (Å²) in [4.78, 5) is 12.5. The molecule has 0 aliphatic carbocycles. The molecule has 0 spiro atoms. The fourth-order valence-corrected chi connectivity index (χ4v) is 3.32. The number of benzene rings is 2. The molecule has 2 aromatic rings. The fraction of sp³-hybridized carbons (Fsp3) is 0.235. The highest BCUT2D eigenvalue weighted by Crippen LogP contribution is 2.39. The molecule has 0 fully saturated rings. The van der Waals surface area contributed by atoms with Crippen molar-refractivity contribution < 1.29 is 14.3 Å². The van der Waals surface area contributed by atoms with Crippen LogP contribution in [0.5, 0.6) is 11.5 Å². The molecule has 128 valence electrons. The maximum absolute atomic E-state index is 12.5. The molecule has 0 saturated carbocycles. The van der Waals surface area contributed by atoms with Gasteiger partial charge in [-0.3, -0.25) is 4.79 Å². The first-order chi connectivity index (χ1) is 11.4. The van der Waals surface area contributed by atoms with Crippen molar-refractivity contribution in [2.75, 3.05) is 14.2 Å². The second-order valence-corrected chi connectivity index (χ2v) is 6.67. The minimum absolute atomic E-state index is 0.298. The van der Waals surface area contributed by atoms with E-state index in [0.717, 1.165) is 0 Å². The number of halogens is 4. The molecule has 2 atom stereocenters. The largest absolute Gasteiger partial charge is 0.497 e. The van der Waals surface area contributed by atoms with Gasteiger partial charge < -0.3 is 9.47 Å². The molecule has 0 heterocycles. The zero-order chi connectivity index (χ0) is 17.9. The molecule has 0 N–H and O–H groups in total. The van der Waals surface area contributed by atoms with Crippen LogP contribution in [0.4, 0.5) is 0 Å². The van der Waals surface area contributed by atoms with Crippen LogP contribution in [0, 0.1) is 0 Å². The first-order valence-electron chi connectivity index (χ1n) is 6.88. The highest BCUT2D eigenvalue weighted by Gasteiger charge is 2.28. The summed E-state index contributed by atoms with van der Waals surface area (Å²) in [7, 11) is 3.01. The van der Waals surface area contributed by atoms with Gasteiger partial charge in [0, 0.05) is 5.56 Å². The summed E-state index contributed by atoms with van der Waals surface area (Å²) in [5.74, 6) is 0.690. The van der Waals surface area contributed by atoms with Crippen LogP contribution in [0.2, 0.25) is 10.0 Å². The average molecular weight is 408 g/mol. The van der Waals surface area contributed by atoms with Gasteiger partial charge in [0.1, 0.15) is 11.1 Å². The van der Waals surface area contributed by atoms with Gasteiger partial charge in [-0.05, 0) is 42.0 Å². The van der Waals surface area contributed by atoms with Crippen LogP contribution >= 0.6 is 46.4 Å². The van der Waals surface area contributed by atoms with Crippen LogP contribution in [0.1, 0.15) is 21.3 Å². The van der Waals surface area contributed by atoms with E-state index < -0.39 is 10.8 Å². The molecule has 7 heteroatoms. The van der Waals surface area contributed by atoms with Gasteiger partial charge in [-0.1, -0.05) is 23.2 Å². The molecule has 2 aromatic carbocycles. The standard InChI is InChI=1S/C17H14Cl4O3/c1-23-11-5-3-9(4-6-11)16(22)15(21)14(20)10-7-12(18)17(24-2)13(19)8-10/h3-8,14-15H,1-2H3/t14-,15-/m0/s1. The number of hydrogen-bond donors (Lipinski definition) is 0. The van der Waals surface area contributed by atoms with E-state index in [0.29, 0.717) is 32.7 Å². The first kappa shape index (κ1) is 19.2. The third-order valence-electron chi connectivity index (χ3n) is 3.43. The van der Waals surface area contributed by atoms with Gasteiger partial charge >= 0.3 is 0 Å². The Morgan fingerprint density at radius 3 is 1.96 bits per heavy atom. The Bertz CT molecular complexity index is 708. The molecular weight excluding hydrogens is 394 g/mol. The van der Waals surface area contributed by atoms with Crippen molar-refractivity contribution >= 4 is 52.2 Å². The van der Waals surface area contributed by atoms with Gasteiger partial charge in [-0.2, -0.15) is 0 Å². The van der Waals surface area contributed by atoms with E-state index in [1.807, 2.05) is 0 Å². The maximum Gasteiger partial charge on any atom is 0.182 e. The summed E-state index contributed by atoms with van der Waals surface area (Å²) >= 11 is 24.8. The molecular formula is C17H14Cl4O3. The number of methoxy groups -OCH3 is 2. The predicted molar refractivity (Wildman–Crippen MR) is 98.6 cm³/mol. The van der Waals surface area contributed by atoms with E-state index >= 15 is 0 Å². The number of carbonyl (C=O) groups is 1. The smallest absolute Gasteiger partial charge is 0.182 e. The zero-order valence-corrected chi connectivity index (χ0v) is 15.9. The van der Waals surface area contributed by atoms with Crippen molar-refractivity contribution in [3.63, 3.8) is 0 Å². The highest BCUT2D eigenvalue weighted by atomic mass is 35.5. The Labute approximate surface area is 160 Å². The lowest BCUT2D eigenvalue weighted by atomic mass is 10.0. The number of hydrogen-bond acceptors (Lipinski definition) is 3. The molecule has 0 aliphatic heterocycles. The zero-order valence-electron chi connectivity index (χ0n) is 12.9. The van der Waals surface area contributed by atoms with Crippen molar-refractivity contribution in [2.24, 2.45) is 0 Å². The summed E-state index contributed by atoms with van der Waals surface area (Å²) in [5, 5.41) is -1.19. The van der Waals surface area contributed by atoms with Gasteiger partial charge in [0.2, 0.25) is 0 Å². The van der Waals surface area contributed by atoms with E-state index in [1.165, 1.54) is 7.11 Å². The Hall–Kier alpha value is -1.13. The molecule has 2 rings (SSSR count). The number of Topliss-reactive ketones (excluding diaryl/α,β-unsaturated/α-hetero) is 1. The quantitative estimate of drug-likeness (QED) is 0.449. The summed E-state index contributed by atoms with van der Waals surface area (Å²) in [6.07, 6.45) is 0. The lowest BCUT2D eigenvalue weighted by Crippen LogP contribution is -2.20. The van der Waals surface area contributed by atoms with Crippen molar-refractivity contribution in [3.8, 4) is 11.5 Å². The van der Waals surface area contributed by atoms with Crippen molar-refractivity contribution in [1.29, 1.82) is 0 Å². The molecule has 0 aromatic heterocycles. The summed E-state index contributed by atoms with van der Waals surface area (Å²) in [5.41, 5.74) is 0.974. The lowest BCUT2D eigenvalue weighted by molar-refractivity contribution is 0.0985. The Morgan fingerprint density at radius 2 is 1.50 bits per heavy atom. The SMILES string of the molecule is COc1ccc(C(=O)[C@@H](Cl)[C@@H](Cl)c2cc(Cl)c(OC)c(Cl)c2)cc1. The van der Waals surface area contributed by atoms with Crippen LogP contribution < -0.4 is 9.47 Å². The van der Waals surface area contributed by atoms with Gasteiger partial charge in [0.25, 0.3) is 0 Å². The van der Waals surface area contributed by atoms with E-state index in [-0.39, 0.29) is 5.78 Å². The lowest BCUT2D eigenvalue weighted by Gasteiger charge is -2.17. The number of rotatable bonds is 6. The first-order valence-corrected chi connectivity index (χ1v) is 8.51. The van der Waals surface area contributed by atoms with Crippen LogP contribution in [0.3, 0.4) is 0 Å². The molecule has 0 saturated heterocycles. The average Bonchev–Trinajstić information content (AvgIpc) is 2.59. The summed E-state index contributed by atoms with van der Waals surface area (Å²) in [6, 6.07) is 9.80.